The highest BCUT2D eigenvalue weighted by Crippen LogP contribution is 2.29. The molecule has 1 N–H and O–H groups in total. The molecule has 1 unspecified atom stereocenters. The van der Waals surface area contributed by atoms with Crippen LogP contribution in [0.25, 0.3) is 0 Å². The monoisotopic (exact) mass is 430 g/mol. The lowest BCUT2D eigenvalue weighted by molar-refractivity contribution is -0.384. The fourth-order valence-corrected chi connectivity index (χ4v) is 3.94. The van der Waals surface area contributed by atoms with Gasteiger partial charge in [-0.15, -0.1) is 11.8 Å². The predicted octanol–water partition coefficient (Wildman–Crippen LogP) is 3.75. The Hall–Kier alpha value is -3.07. The van der Waals surface area contributed by atoms with E-state index >= 15 is 0 Å². The van der Waals surface area contributed by atoms with Gasteiger partial charge in [0.05, 0.1) is 23.9 Å². The quantitative estimate of drug-likeness (QED) is 0.294. The van der Waals surface area contributed by atoms with E-state index in [1.807, 2.05) is 6.07 Å². The highest BCUT2D eigenvalue weighted by molar-refractivity contribution is 8.00. The van der Waals surface area contributed by atoms with E-state index in [-0.39, 0.29) is 17.1 Å². The molecule has 0 heterocycles. The molecule has 0 aromatic heterocycles. The number of anilines is 1. The summed E-state index contributed by atoms with van der Waals surface area (Å²) in [6.45, 7) is 1.42. The van der Waals surface area contributed by atoms with Crippen LogP contribution in [0.3, 0.4) is 0 Å². The molecule has 1 atom stereocenters. The predicted molar refractivity (Wildman–Crippen MR) is 113 cm³/mol. The molecule has 0 saturated heterocycles. The van der Waals surface area contributed by atoms with Crippen LogP contribution in [0.1, 0.15) is 24.5 Å². The first-order valence-corrected chi connectivity index (χ1v) is 10.4. The van der Waals surface area contributed by atoms with Crippen molar-refractivity contribution in [3.05, 3.63) is 57.6 Å². The number of nitro benzene ring substituents is 1. The van der Waals surface area contributed by atoms with Gasteiger partial charge in [0.25, 0.3) is 11.6 Å². The second-order valence-electron chi connectivity index (χ2n) is 6.83. The number of fused-ring (bicyclic) bond motifs is 1. The molecule has 0 saturated carbocycles. The van der Waals surface area contributed by atoms with Crippen LogP contribution in [-0.2, 0) is 27.2 Å². The first-order valence-electron chi connectivity index (χ1n) is 9.44. The number of ether oxygens (including phenoxy) is 2. The number of nitrogens with one attached hydrogen (secondary N) is 1. The molecule has 0 radical (unpaired) electrons. The molecule has 0 aliphatic heterocycles. The largest absolute Gasteiger partial charge is 0.496 e. The van der Waals surface area contributed by atoms with Crippen LogP contribution in [-0.4, -0.2) is 35.8 Å². The molecular formula is C21H22N2O6S. The van der Waals surface area contributed by atoms with Crippen LogP contribution >= 0.6 is 11.8 Å². The number of nitrogens with zero attached hydrogens (tertiary/aromatic N) is 1. The number of carbonyl (C=O) groups is 2. The second-order valence-corrected chi connectivity index (χ2v) is 7.88. The van der Waals surface area contributed by atoms with Crippen LogP contribution in [0.2, 0.25) is 0 Å². The Morgan fingerprint density at radius 1 is 1.20 bits per heavy atom. The van der Waals surface area contributed by atoms with Crippen LogP contribution in [0.5, 0.6) is 5.75 Å². The van der Waals surface area contributed by atoms with Crippen molar-refractivity contribution >= 4 is 35.0 Å². The Labute approximate surface area is 178 Å². The summed E-state index contributed by atoms with van der Waals surface area (Å²) in [7, 11) is 1.39. The topological polar surface area (TPSA) is 108 Å². The standard InChI is InChI=1S/C21H22N2O6S/c1-13(21(25)22-18-9-7-16(28-2)11-19(18)23(26)27)29-20(24)12-30-17-8-6-14-4-3-5-15(14)10-17/h6-11,13H,3-5,12H2,1-2H3,(H,22,25). The lowest BCUT2D eigenvalue weighted by atomic mass is 10.1. The second kappa shape index (κ2) is 9.62. The van der Waals surface area contributed by atoms with Crippen molar-refractivity contribution in [1.29, 1.82) is 0 Å². The fourth-order valence-electron chi connectivity index (χ4n) is 3.19. The zero-order chi connectivity index (χ0) is 21.7. The van der Waals surface area contributed by atoms with E-state index in [2.05, 4.69) is 17.4 Å². The zero-order valence-electron chi connectivity index (χ0n) is 16.7. The van der Waals surface area contributed by atoms with Gasteiger partial charge in [0.15, 0.2) is 6.10 Å². The zero-order valence-corrected chi connectivity index (χ0v) is 17.5. The van der Waals surface area contributed by atoms with Gasteiger partial charge in [0.1, 0.15) is 11.4 Å². The number of hydrogen-bond acceptors (Lipinski definition) is 7. The summed E-state index contributed by atoms with van der Waals surface area (Å²) in [5, 5.41) is 13.7. The summed E-state index contributed by atoms with van der Waals surface area (Å²) in [6, 6.07) is 10.2. The third-order valence-corrected chi connectivity index (χ3v) is 5.73. The Kier molecular flexibility index (Phi) is 6.94. The lowest BCUT2D eigenvalue weighted by Gasteiger charge is -2.14. The summed E-state index contributed by atoms with van der Waals surface area (Å²) in [6.07, 6.45) is 2.22. The maximum Gasteiger partial charge on any atom is 0.317 e. The number of benzene rings is 2. The smallest absolute Gasteiger partial charge is 0.317 e. The molecule has 30 heavy (non-hydrogen) atoms. The van der Waals surface area contributed by atoms with Gasteiger partial charge in [-0.2, -0.15) is 0 Å². The number of carbonyl (C=O) groups excluding carboxylic acids is 2. The lowest BCUT2D eigenvalue weighted by Crippen LogP contribution is -2.30. The highest BCUT2D eigenvalue weighted by atomic mass is 32.2. The van der Waals surface area contributed by atoms with Gasteiger partial charge in [-0.1, -0.05) is 6.07 Å². The Balaban J connectivity index is 1.54. The molecule has 2 aromatic carbocycles. The Bertz CT molecular complexity index is 978. The molecular weight excluding hydrogens is 408 g/mol. The minimum Gasteiger partial charge on any atom is -0.496 e. The molecule has 3 rings (SSSR count). The van der Waals surface area contributed by atoms with Crippen molar-refractivity contribution in [2.75, 3.05) is 18.2 Å². The van der Waals surface area contributed by atoms with E-state index in [4.69, 9.17) is 9.47 Å². The van der Waals surface area contributed by atoms with E-state index in [0.29, 0.717) is 5.75 Å². The van der Waals surface area contributed by atoms with Crippen molar-refractivity contribution < 1.29 is 24.0 Å². The van der Waals surface area contributed by atoms with Crippen LogP contribution < -0.4 is 10.1 Å². The third-order valence-electron chi connectivity index (χ3n) is 4.76. The highest BCUT2D eigenvalue weighted by Gasteiger charge is 2.23. The molecule has 0 spiro atoms. The van der Waals surface area contributed by atoms with E-state index in [9.17, 15) is 19.7 Å². The van der Waals surface area contributed by atoms with E-state index in [1.165, 1.54) is 55.1 Å². The van der Waals surface area contributed by atoms with Crippen molar-refractivity contribution in [2.24, 2.45) is 0 Å². The molecule has 9 heteroatoms. The van der Waals surface area contributed by atoms with Gasteiger partial charge in [-0.25, -0.2) is 0 Å². The number of nitro groups is 1. The average Bonchev–Trinajstić information content (AvgIpc) is 3.20. The summed E-state index contributed by atoms with van der Waals surface area (Å²) in [4.78, 5) is 36.0. The minimum absolute atomic E-state index is 0.00112. The molecule has 158 valence electrons. The minimum atomic E-state index is -1.10. The number of esters is 1. The molecule has 8 nitrogen and oxygen atoms in total. The number of hydrogen-bond donors (Lipinski definition) is 1. The Morgan fingerprint density at radius 2 is 1.97 bits per heavy atom. The van der Waals surface area contributed by atoms with Crippen LogP contribution in [0.15, 0.2) is 41.3 Å². The van der Waals surface area contributed by atoms with Crippen molar-refractivity contribution in [3.63, 3.8) is 0 Å². The first kappa shape index (κ1) is 21.6. The van der Waals surface area contributed by atoms with E-state index in [0.717, 1.165) is 24.2 Å². The third kappa shape index (κ3) is 5.29. The average molecular weight is 430 g/mol. The van der Waals surface area contributed by atoms with Gasteiger partial charge in [0, 0.05) is 4.90 Å². The number of amides is 1. The van der Waals surface area contributed by atoms with Crippen molar-refractivity contribution in [1.82, 2.24) is 0 Å². The van der Waals surface area contributed by atoms with Gasteiger partial charge in [0.2, 0.25) is 0 Å². The van der Waals surface area contributed by atoms with E-state index < -0.39 is 22.9 Å². The number of aryl methyl sites for hydroxylation is 2. The maximum absolute atomic E-state index is 12.3. The number of methoxy groups -OCH3 is 1. The maximum atomic E-state index is 12.3. The summed E-state index contributed by atoms with van der Waals surface area (Å²) in [5.74, 6) is -0.826. The van der Waals surface area contributed by atoms with Gasteiger partial charge < -0.3 is 14.8 Å². The summed E-state index contributed by atoms with van der Waals surface area (Å²) in [5.41, 5.74) is 2.37. The van der Waals surface area contributed by atoms with Gasteiger partial charge >= 0.3 is 5.97 Å². The molecule has 2 aromatic rings. The molecule has 1 aliphatic rings. The first-order chi connectivity index (χ1) is 14.4. The van der Waals surface area contributed by atoms with Crippen molar-refractivity contribution in [2.45, 2.75) is 37.2 Å². The van der Waals surface area contributed by atoms with Crippen LogP contribution in [0, 0.1) is 10.1 Å². The van der Waals surface area contributed by atoms with E-state index in [1.54, 1.807) is 0 Å². The molecule has 0 bridgehead atoms. The Morgan fingerprint density at radius 3 is 2.70 bits per heavy atom. The number of thioether (sulfide) groups is 1. The summed E-state index contributed by atoms with van der Waals surface area (Å²) >= 11 is 1.35. The van der Waals surface area contributed by atoms with Gasteiger partial charge in [-0.05, 0) is 61.6 Å². The SMILES string of the molecule is COc1ccc(NC(=O)C(C)OC(=O)CSc2ccc3c(c2)CCC3)c([N+](=O)[O-])c1. The molecule has 1 aliphatic carbocycles. The van der Waals surface area contributed by atoms with Gasteiger partial charge in [-0.3, -0.25) is 19.7 Å². The fraction of sp³-hybridized carbons (Fsp3) is 0.333. The normalized spacial score (nSPS) is 13.3. The molecule has 1 amide bonds. The summed E-state index contributed by atoms with van der Waals surface area (Å²) < 4.78 is 10.1. The van der Waals surface area contributed by atoms with Crippen LogP contribution in [0.4, 0.5) is 11.4 Å². The number of rotatable bonds is 8. The van der Waals surface area contributed by atoms with Crippen molar-refractivity contribution in [3.8, 4) is 5.75 Å². The molecule has 0 fully saturated rings.